The van der Waals surface area contributed by atoms with Gasteiger partial charge in [-0.15, -0.1) is 11.3 Å². The molecule has 0 spiro atoms. The SMILES string of the molecule is Cc1csc(CN2CCC(=O)NC2=O)n1. The highest BCUT2D eigenvalue weighted by Gasteiger charge is 2.23. The van der Waals surface area contributed by atoms with Crippen LogP contribution in [0.1, 0.15) is 17.1 Å². The minimum absolute atomic E-state index is 0.202. The van der Waals surface area contributed by atoms with Crippen LogP contribution in [0.4, 0.5) is 4.79 Å². The first-order valence-electron chi connectivity index (χ1n) is 4.65. The van der Waals surface area contributed by atoms with Crippen molar-refractivity contribution in [2.45, 2.75) is 19.9 Å². The van der Waals surface area contributed by atoms with Gasteiger partial charge in [0.05, 0.1) is 6.54 Å². The lowest BCUT2D eigenvalue weighted by Gasteiger charge is -2.25. The number of hydrogen-bond acceptors (Lipinski definition) is 4. The van der Waals surface area contributed by atoms with Gasteiger partial charge in [-0.1, -0.05) is 0 Å². The third-order valence-electron chi connectivity index (χ3n) is 2.14. The zero-order chi connectivity index (χ0) is 10.8. The van der Waals surface area contributed by atoms with E-state index >= 15 is 0 Å². The van der Waals surface area contributed by atoms with Crippen molar-refractivity contribution in [2.75, 3.05) is 6.54 Å². The van der Waals surface area contributed by atoms with Gasteiger partial charge in [0.2, 0.25) is 5.91 Å². The fourth-order valence-corrected chi connectivity index (χ4v) is 2.17. The minimum Gasteiger partial charge on any atom is -0.317 e. The summed E-state index contributed by atoms with van der Waals surface area (Å²) >= 11 is 1.53. The molecule has 1 aromatic rings. The van der Waals surface area contributed by atoms with Gasteiger partial charge in [0.15, 0.2) is 0 Å². The summed E-state index contributed by atoms with van der Waals surface area (Å²) in [6.07, 6.45) is 0.371. The molecule has 1 fully saturated rings. The molecule has 1 aromatic heterocycles. The molecule has 1 aliphatic heterocycles. The normalized spacial score (nSPS) is 16.7. The summed E-state index contributed by atoms with van der Waals surface area (Å²) in [5.74, 6) is -0.202. The largest absolute Gasteiger partial charge is 0.324 e. The monoisotopic (exact) mass is 225 g/mol. The summed E-state index contributed by atoms with van der Waals surface area (Å²) in [5.41, 5.74) is 0.962. The Labute approximate surface area is 91.1 Å². The zero-order valence-corrected chi connectivity index (χ0v) is 9.13. The molecule has 1 N–H and O–H groups in total. The number of rotatable bonds is 2. The molecule has 0 radical (unpaired) electrons. The van der Waals surface area contributed by atoms with E-state index in [1.54, 1.807) is 4.90 Å². The molecule has 6 heteroatoms. The van der Waals surface area contributed by atoms with Gasteiger partial charge in [-0.2, -0.15) is 0 Å². The highest BCUT2D eigenvalue weighted by molar-refractivity contribution is 7.09. The Kier molecular flexibility index (Phi) is 2.68. The maximum Gasteiger partial charge on any atom is 0.324 e. The van der Waals surface area contributed by atoms with Crippen molar-refractivity contribution in [1.29, 1.82) is 0 Å². The molecule has 0 saturated carbocycles. The summed E-state index contributed by atoms with van der Waals surface area (Å²) in [4.78, 5) is 28.2. The predicted octanol–water partition coefficient (Wildman–Crippen LogP) is 0.893. The van der Waals surface area contributed by atoms with Crippen molar-refractivity contribution >= 4 is 23.3 Å². The third-order valence-corrected chi connectivity index (χ3v) is 3.09. The van der Waals surface area contributed by atoms with Crippen molar-refractivity contribution in [3.8, 4) is 0 Å². The summed E-state index contributed by atoms with van der Waals surface area (Å²) in [6.45, 7) is 2.88. The van der Waals surface area contributed by atoms with Crippen molar-refractivity contribution in [2.24, 2.45) is 0 Å². The van der Waals surface area contributed by atoms with Crippen LogP contribution in [0.15, 0.2) is 5.38 Å². The quantitative estimate of drug-likeness (QED) is 0.813. The number of imide groups is 1. The van der Waals surface area contributed by atoms with Crippen molar-refractivity contribution < 1.29 is 9.59 Å². The molecule has 1 saturated heterocycles. The van der Waals surface area contributed by atoms with Crippen molar-refractivity contribution in [1.82, 2.24) is 15.2 Å². The Balaban J connectivity index is 2.00. The summed E-state index contributed by atoms with van der Waals surface area (Å²) in [6, 6.07) is -0.320. The van der Waals surface area contributed by atoms with Crippen molar-refractivity contribution in [3.63, 3.8) is 0 Å². The summed E-state index contributed by atoms with van der Waals surface area (Å²) in [5, 5.41) is 5.13. The highest BCUT2D eigenvalue weighted by Crippen LogP contribution is 2.13. The van der Waals surface area contributed by atoms with Gasteiger partial charge < -0.3 is 4.90 Å². The number of nitrogens with one attached hydrogen (secondary N) is 1. The number of aryl methyl sites for hydroxylation is 1. The smallest absolute Gasteiger partial charge is 0.317 e. The molecule has 1 aliphatic rings. The number of carbonyl (C=O) groups is 2. The molecular formula is C9H11N3O2S. The Morgan fingerprint density at radius 1 is 1.60 bits per heavy atom. The molecule has 80 valence electrons. The van der Waals surface area contributed by atoms with Gasteiger partial charge in [0.25, 0.3) is 0 Å². The molecule has 2 heterocycles. The average Bonchev–Trinajstić information content (AvgIpc) is 2.56. The summed E-state index contributed by atoms with van der Waals surface area (Å²) < 4.78 is 0. The van der Waals surface area contributed by atoms with Crippen LogP contribution in [-0.2, 0) is 11.3 Å². The minimum atomic E-state index is -0.320. The van der Waals surface area contributed by atoms with Crippen molar-refractivity contribution in [3.05, 3.63) is 16.1 Å². The van der Waals surface area contributed by atoms with Crippen LogP contribution >= 0.6 is 11.3 Å². The second-order valence-corrected chi connectivity index (χ2v) is 4.35. The molecule has 5 nitrogen and oxygen atoms in total. The first kappa shape index (κ1) is 10.1. The standard InChI is InChI=1S/C9H11N3O2S/c1-6-5-15-8(10-6)4-12-3-2-7(13)11-9(12)14/h5H,2-4H2,1H3,(H,11,13,14). The Morgan fingerprint density at radius 2 is 2.40 bits per heavy atom. The Morgan fingerprint density at radius 3 is 3.00 bits per heavy atom. The lowest BCUT2D eigenvalue weighted by atomic mass is 10.3. The van der Waals surface area contributed by atoms with Crippen LogP contribution in [0.3, 0.4) is 0 Å². The summed E-state index contributed by atoms with van der Waals surface area (Å²) in [7, 11) is 0. The Bertz CT molecular complexity index is 402. The van der Waals surface area contributed by atoms with E-state index in [1.807, 2.05) is 12.3 Å². The zero-order valence-electron chi connectivity index (χ0n) is 8.32. The predicted molar refractivity (Wildman–Crippen MR) is 55.4 cm³/mol. The van der Waals surface area contributed by atoms with E-state index in [4.69, 9.17) is 0 Å². The number of urea groups is 1. The number of aromatic nitrogens is 1. The second-order valence-electron chi connectivity index (χ2n) is 3.41. The molecule has 0 aliphatic carbocycles. The molecule has 3 amide bonds. The van der Waals surface area contributed by atoms with E-state index in [2.05, 4.69) is 10.3 Å². The van der Waals surface area contributed by atoms with Crippen LogP contribution in [0.25, 0.3) is 0 Å². The maximum atomic E-state index is 11.4. The van der Waals surface area contributed by atoms with E-state index < -0.39 is 0 Å². The van der Waals surface area contributed by atoms with E-state index in [1.165, 1.54) is 11.3 Å². The number of amides is 3. The number of hydrogen-bond donors (Lipinski definition) is 1. The topological polar surface area (TPSA) is 62.3 Å². The lowest BCUT2D eigenvalue weighted by molar-refractivity contribution is -0.121. The lowest BCUT2D eigenvalue weighted by Crippen LogP contribution is -2.48. The molecule has 0 bridgehead atoms. The van der Waals surface area contributed by atoms with Crippen LogP contribution in [0.5, 0.6) is 0 Å². The van der Waals surface area contributed by atoms with Gasteiger partial charge in [0, 0.05) is 24.0 Å². The fraction of sp³-hybridized carbons (Fsp3) is 0.444. The van der Waals surface area contributed by atoms with E-state index in [9.17, 15) is 9.59 Å². The van der Waals surface area contributed by atoms with Crippen LogP contribution in [-0.4, -0.2) is 28.4 Å². The first-order valence-corrected chi connectivity index (χ1v) is 5.53. The van der Waals surface area contributed by atoms with Gasteiger partial charge in [0.1, 0.15) is 5.01 Å². The molecule has 0 atom stereocenters. The van der Waals surface area contributed by atoms with Crippen LogP contribution < -0.4 is 5.32 Å². The molecule has 2 rings (SSSR count). The highest BCUT2D eigenvalue weighted by atomic mass is 32.1. The number of carbonyl (C=O) groups excluding carboxylic acids is 2. The number of thiazole rings is 1. The molecule has 0 aromatic carbocycles. The maximum absolute atomic E-state index is 11.4. The molecular weight excluding hydrogens is 214 g/mol. The van der Waals surface area contributed by atoms with Crippen LogP contribution in [0.2, 0.25) is 0 Å². The first-order chi connectivity index (χ1) is 7.15. The van der Waals surface area contributed by atoms with E-state index in [0.29, 0.717) is 19.5 Å². The van der Waals surface area contributed by atoms with Gasteiger partial charge >= 0.3 is 6.03 Å². The Hall–Kier alpha value is -1.43. The average molecular weight is 225 g/mol. The number of nitrogens with zero attached hydrogens (tertiary/aromatic N) is 2. The van der Waals surface area contributed by atoms with Crippen LogP contribution in [0, 0.1) is 6.92 Å². The third kappa shape index (κ3) is 2.33. The van der Waals surface area contributed by atoms with Gasteiger partial charge in [-0.3, -0.25) is 10.1 Å². The fourth-order valence-electron chi connectivity index (χ4n) is 1.39. The van der Waals surface area contributed by atoms with Gasteiger partial charge in [-0.05, 0) is 6.92 Å². The van der Waals surface area contributed by atoms with E-state index in [-0.39, 0.29) is 11.9 Å². The van der Waals surface area contributed by atoms with Gasteiger partial charge in [-0.25, -0.2) is 9.78 Å². The van der Waals surface area contributed by atoms with E-state index in [0.717, 1.165) is 10.7 Å². The molecule has 0 unspecified atom stereocenters. The second kappa shape index (κ2) is 3.98. The molecule has 15 heavy (non-hydrogen) atoms.